The van der Waals surface area contributed by atoms with Gasteiger partial charge < -0.3 is 19.7 Å². The van der Waals surface area contributed by atoms with Gasteiger partial charge in [0.2, 0.25) is 5.91 Å². The minimum atomic E-state index is -0.225. The third-order valence-electron chi connectivity index (χ3n) is 4.04. The number of carbonyl (C=O) groups is 1. The fraction of sp³-hybridized carbons (Fsp3) is 0.588. The van der Waals surface area contributed by atoms with E-state index in [1.165, 1.54) is 12.8 Å². The largest absolute Gasteiger partial charge is 0.493 e. The Bertz CT molecular complexity index is 531. The monoisotopic (exact) mass is 306 g/mol. The number of hydrogen-bond acceptors (Lipinski definition) is 4. The maximum Gasteiger partial charge on any atom is 0.249 e. The van der Waals surface area contributed by atoms with Gasteiger partial charge in [-0.25, -0.2) is 0 Å². The molecule has 0 bridgehead atoms. The van der Waals surface area contributed by atoms with Gasteiger partial charge >= 0.3 is 0 Å². The molecule has 122 valence electrons. The lowest BCUT2D eigenvalue weighted by Gasteiger charge is -2.34. The van der Waals surface area contributed by atoms with E-state index in [0.29, 0.717) is 11.5 Å². The van der Waals surface area contributed by atoms with E-state index < -0.39 is 0 Å². The van der Waals surface area contributed by atoms with Crippen LogP contribution < -0.4 is 19.7 Å². The first kappa shape index (κ1) is 16.5. The van der Waals surface area contributed by atoms with Crippen molar-refractivity contribution in [2.75, 3.05) is 31.0 Å². The molecule has 0 saturated carbocycles. The lowest BCUT2D eigenvalue weighted by molar-refractivity contribution is -0.119. The molecule has 1 aliphatic rings. The molecule has 5 heteroatoms. The van der Waals surface area contributed by atoms with Crippen LogP contribution in [-0.2, 0) is 4.79 Å². The molecule has 22 heavy (non-hydrogen) atoms. The molecule has 1 N–H and O–H groups in total. The van der Waals surface area contributed by atoms with Crippen molar-refractivity contribution < 1.29 is 14.3 Å². The molecule has 1 aliphatic heterocycles. The van der Waals surface area contributed by atoms with Gasteiger partial charge in [-0.05, 0) is 13.3 Å². The summed E-state index contributed by atoms with van der Waals surface area (Å²) in [7, 11) is 3.22. The number of ether oxygens (including phenoxy) is 2. The van der Waals surface area contributed by atoms with Crippen molar-refractivity contribution in [1.29, 1.82) is 0 Å². The van der Waals surface area contributed by atoms with E-state index in [1.807, 2.05) is 24.0 Å². The van der Waals surface area contributed by atoms with Gasteiger partial charge in [0.1, 0.15) is 6.04 Å². The standard InChI is InChI=1S/C17H26N2O3/c1-5-6-7-8-9-19-14-11-16(22-4)15(21-3)10-13(14)18-12(2)17(19)20/h10-12,18H,5-9H2,1-4H3. The van der Waals surface area contributed by atoms with Gasteiger partial charge in [-0.3, -0.25) is 4.79 Å². The second-order valence-corrected chi connectivity index (χ2v) is 5.64. The average Bonchev–Trinajstić information content (AvgIpc) is 2.53. The summed E-state index contributed by atoms with van der Waals surface area (Å²) in [5.74, 6) is 1.42. The molecule has 0 fully saturated rings. The Morgan fingerprint density at radius 2 is 1.82 bits per heavy atom. The Balaban J connectivity index is 2.28. The van der Waals surface area contributed by atoms with Crippen molar-refractivity contribution in [3.05, 3.63) is 12.1 Å². The van der Waals surface area contributed by atoms with Crippen LogP contribution in [0, 0.1) is 0 Å². The summed E-state index contributed by atoms with van der Waals surface area (Å²) in [6, 6.07) is 3.55. The van der Waals surface area contributed by atoms with Crippen LogP contribution in [0.25, 0.3) is 0 Å². The van der Waals surface area contributed by atoms with Crippen LogP contribution in [0.4, 0.5) is 11.4 Å². The van der Waals surface area contributed by atoms with Crippen molar-refractivity contribution in [3.8, 4) is 11.5 Å². The summed E-state index contributed by atoms with van der Waals surface area (Å²) in [5, 5.41) is 3.24. The second-order valence-electron chi connectivity index (χ2n) is 5.64. The van der Waals surface area contributed by atoms with E-state index in [0.717, 1.165) is 30.8 Å². The predicted molar refractivity (Wildman–Crippen MR) is 89.1 cm³/mol. The van der Waals surface area contributed by atoms with E-state index in [4.69, 9.17) is 9.47 Å². The number of rotatable bonds is 7. The molecule has 0 radical (unpaired) electrons. The maximum absolute atomic E-state index is 12.5. The zero-order valence-electron chi connectivity index (χ0n) is 13.9. The second kappa shape index (κ2) is 7.38. The summed E-state index contributed by atoms with van der Waals surface area (Å²) in [5.41, 5.74) is 1.79. The highest BCUT2D eigenvalue weighted by atomic mass is 16.5. The van der Waals surface area contributed by atoms with Crippen LogP contribution >= 0.6 is 0 Å². The number of unbranched alkanes of at least 4 members (excludes halogenated alkanes) is 3. The molecule has 1 aromatic carbocycles. The minimum absolute atomic E-state index is 0.108. The van der Waals surface area contributed by atoms with Crippen LogP contribution in [0.5, 0.6) is 11.5 Å². The summed E-state index contributed by atoms with van der Waals surface area (Å²) < 4.78 is 10.7. The number of nitrogens with zero attached hydrogens (tertiary/aromatic N) is 1. The Morgan fingerprint density at radius 1 is 1.14 bits per heavy atom. The Morgan fingerprint density at radius 3 is 2.45 bits per heavy atom. The zero-order valence-corrected chi connectivity index (χ0v) is 13.9. The molecule has 0 spiro atoms. The molecule has 0 saturated heterocycles. The third kappa shape index (κ3) is 3.29. The predicted octanol–water partition coefficient (Wildman–Crippen LogP) is 3.43. The number of fused-ring (bicyclic) bond motifs is 1. The SMILES string of the molecule is CCCCCCN1C(=O)C(C)Nc2cc(OC)c(OC)cc21. The number of nitrogens with one attached hydrogen (secondary N) is 1. The van der Waals surface area contributed by atoms with Crippen LogP contribution in [0.2, 0.25) is 0 Å². The van der Waals surface area contributed by atoms with Gasteiger partial charge in [-0.1, -0.05) is 26.2 Å². The van der Waals surface area contributed by atoms with E-state index in [2.05, 4.69) is 12.2 Å². The van der Waals surface area contributed by atoms with Crippen LogP contribution in [-0.4, -0.2) is 32.7 Å². The van der Waals surface area contributed by atoms with Gasteiger partial charge in [0.05, 0.1) is 25.6 Å². The molecule has 1 heterocycles. The van der Waals surface area contributed by atoms with Crippen LogP contribution in [0.3, 0.4) is 0 Å². The molecule has 2 rings (SSSR count). The molecule has 5 nitrogen and oxygen atoms in total. The number of methoxy groups -OCH3 is 2. The lowest BCUT2D eigenvalue weighted by Crippen LogP contribution is -2.46. The molecule has 1 unspecified atom stereocenters. The van der Waals surface area contributed by atoms with Crippen LogP contribution in [0.1, 0.15) is 39.5 Å². The van der Waals surface area contributed by atoms with Gasteiger partial charge in [-0.15, -0.1) is 0 Å². The van der Waals surface area contributed by atoms with Crippen molar-refractivity contribution in [2.45, 2.75) is 45.6 Å². The smallest absolute Gasteiger partial charge is 0.249 e. The summed E-state index contributed by atoms with van der Waals surface area (Å²) in [4.78, 5) is 14.4. The first-order chi connectivity index (χ1) is 10.6. The molecule has 0 aliphatic carbocycles. The quantitative estimate of drug-likeness (QED) is 0.784. The highest BCUT2D eigenvalue weighted by Gasteiger charge is 2.30. The summed E-state index contributed by atoms with van der Waals surface area (Å²) in [6.07, 6.45) is 4.55. The van der Waals surface area contributed by atoms with E-state index in [9.17, 15) is 4.79 Å². The van der Waals surface area contributed by atoms with Gasteiger partial charge in [0.15, 0.2) is 11.5 Å². The lowest BCUT2D eigenvalue weighted by atomic mass is 10.1. The van der Waals surface area contributed by atoms with E-state index in [1.54, 1.807) is 14.2 Å². The number of carbonyl (C=O) groups excluding carboxylic acids is 1. The fourth-order valence-corrected chi connectivity index (χ4v) is 2.78. The first-order valence-corrected chi connectivity index (χ1v) is 7.96. The summed E-state index contributed by atoms with van der Waals surface area (Å²) in [6.45, 7) is 4.82. The number of benzene rings is 1. The summed E-state index contributed by atoms with van der Waals surface area (Å²) >= 11 is 0. The minimum Gasteiger partial charge on any atom is -0.493 e. The van der Waals surface area contributed by atoms with Gasteiger partial charge in [-0.2, -0.15) is 0 Å². The Kier molecular flexibility index (Phi) is 5.52. The van der Waals surface area contributed by atoms with Gasteiger partial charge in [0.25, 0.3) is 0 Å². The highest BCUT2D eigenvalue weighted by molar-refractivity contribution is 6.05. The zero-order chi connectivity index (χ0) is 16.1. The average molecular weight is 306 g/mol. The van der Waals surface area contributed by atoms with Crippen LogP contribution in [0.15, 0.2) is 12.1 Å². The van der Waals surface area contributed by atoms with Gasteiger partial charge in [0, 0.05) is 18.7 Å². The molecule has 0 aromatic heterocycles. The highest BCUT2D eigenvalue weighted by Crippen LogP contribution is 2.41. The first-order valence-electron chi connectivity index (χ1n) is 7.96. The number of amides is 1. The van der Waals surface area contributed by atoms with Crippen molar-refractivity contribution in [1.82, 2.24) is 0 Å². The topological polar surface area (TPSA) is 50.8 Å². The third-order valence-corrected chi connectivity index (χ3v) is 4.04. The molecule has 1 atom stereocenters. The fourth-order valence-electron chi connectivity index (χ4n) is 2.78. The number of hydrogen-bond donors (Lipinski definition) is 1. The maximum atomic E-state index is 12.5. The Labute approximate surface area is 132 Å². The van der Waals surface area contributed by atoms with E-state index in [-0.39, 0.29) is 11.9 Å². The molecule has 1 amide bonds. The molecular formula is C17H26N2O3. The van der Waals surface area contributed by atoms with E-state index >= 15 is 0 Å². The normalized spacial score (nSPS) is 17.0. The Hall–Kier alpha value is -1.91. The van der Waals surface area contributed by atoms with Crippen molar-refractivity contribution in [2.24, 2.45) is 0 Å². The number of anilines is 2. The van der Waals surface area contributed by atoms with Crippen molar-refractivity contribution in [3.63, 3.8) is 0 Å². The van der Waals surface area contributed by atoms with Crippen molar-refractivity contribution >= 4 is 17.3 Å². The molecule has 1 aromatic rings. The molecular weight excluding hydrogens is 280 g/mol.